The van der Waals surface area contributed by atoms with Gasteiger partial charge < -0.3 is 10.2 Å². The Morgan fingerprint density at radius 1 is 1.45 bits per heavy atom. The summed E-state index contributed by atoms with van der Waals surface area (Å²) in [5.74, 6) is 0. The molecule has 2 fully saturated rings. The zero-order valence-electron chi connectivity index (χ0n) is 7.53. The van der Waals surface area contributed by atoms with Gasteiger partial charge in [-0.05, 0) is 6.92 Å². The fourth-order valence-corrected chi connectivity index (χ4v) is 2.76. The van der Waals surface area contributed by atoms with Crippen LogP contribution in [0.15, 0.2) is 0 Å². The number of hydrogen-bond acceptors (Lipinski definition) is 0. The highest BCUT2D eigenvalue weighted by Crippen LogP contribution is 2.26. The fraction of sp³-hybridized carbons (Fsp3) is 1.00. The minimum Gasteiger partial charge on any atom is -0.346 e. The molecular weight excluding hydrogens is 136 g/mol. The first kappa shape index (κ1) is 7.56. The van der Waals surface area contributed by atoms with E-state index in [0.717, 1.165) is 5.41 Å². The Kier molecular flexibility index (Phi) is 1.90. The van der Waals surface area contributed by atoms with E-state index in [2.05, 4.69) is 12.2 Å². The van der Waals surface area contributed by atoms with Gasteiger partial charge >= 0.3 is 0 Å². The molecule has 2 unspecified atom stereocenters. The maximum atomic E-state index is 2.50. The fourth-order valence-electron chi connectivity index (χ4n) is 2.76. The van der Waals surface area contributed by atoms with Crippen LogP contribution in [0.25, 0.3) is 0 Å². The van der Waals surface area contributed by atoms with Crippen LogP contribution in [0.4, 0.5) is 0 Å². The van der Waals surface area contributed by atoms with Gasteiger partial charge in [0.1, 0.15) is 0 Å². The third-order valence-corrected chi connectivity index (χ3v) is 3.59. The summed E-state index contributed by atoms with van der Waals surface area (Å²) in [6, 6.07) is 0. The standard InChI is InChI=1S/C9H18N2/c1-2-11-6-4-9(8-11)3-5-10-7-9/h10H,2-8H2,1H3/p+2. The van der Waals surface area contributed by atoms with E-state index >= 15 is 0 Å². The predicted molar refractivity (Wildman–Crippen MR) is 44.6 cm³/mol. The van der Waals surface area contributed by atoms with Crippen LogP contribution in [-0.4, -0.2) is 32.7 Å². The van der Waals surface area contributed by atoms with Crippen molar-refractivity contribution in [3.8, 4) is 0 Å². The molecule has 2 nitrogen and oxygen atoms in total. The summed E-state index contributed by atoms with van der Waals surface area (Å²) >= 11 is 0. The average Bonchev–Trinajstić information content (AvgIpc) is 2.62. The second-order valence-electron chi connectivity index (χ2n) is 4.31. The van der Waals surface area contributed by atoms with Gasteiger partial charge in [0.15, 0.2) is 0 Å². The Labute approximate surface area is 69.0 Å². The summed E-state index contributed by atoms with van der Waals surface area (Å²) in [5.41, 5.74) is 0.769. The second-order valence-corrected chi connectivity index (χ2v) is 4.31. The van der Waals surface area contributed by atoms with Crippen molar-refractivity contribution in [3.05, 3.63) is 0 Å². The summed E-state index contributed by atoms with van der Waals surface area (Å²) in [7, 11) is 0. The van der Waals surface area contributed by atoms with E-state index in [9.17, 15) is 0 Å². The van der Waals surface area contributed by atoms with Gasteiger partial charge in [0.25, 0.3) is 0 Å². The number of hydrogen-bond donors (Lipinski definition) is 2. The van der Waals surface area contributed by atoms with Crippen LogP contribution in [0.5, 0.6) is 0 Å². The maximum absolute atomic E-state index is 2.50. The average molecular weight is 156 g/mol. The van der Waals surface area contributed by atoms with Crippen molar-refractivity contribution in [1.82, 2.24) is 0 Å². The first-order valence-electron chi connectivity index (χ1n) is 5.00. The highest BCUT2D eigenvalue weighted by Gasteiger charge is 2.45. The first-order valence-corrected chi connectivity index (χ1v) is 5.00. The molecule has 0 radical (unpaired) electrons. The van der Waals surface area contributed by atoms with Crippen molar-refractivity contribution in [2.75, 3.05) is 32.7 Å². The van der Waals surface area contributed by atoms with Crippen LogP contribution < -0.4 is 10.2 Å². The number of likely N-dealkylation sites (tertiary alicyclic amines) is 1. The summed E-state index contributed by atoms with van der Waals surface area (Å²) in [6.07, 6.45) is 2.98. The molecule has 1 spiro atoms. The van der Waals surface area contributed by atoms with Crippen LogP contribution in [-0.2, 0) is 0 Å². The third kappa shape index (κ3) is 1.30. The van der Waals surface area contributed by atoms with E-state index in [1.807, 2.05) is 4.90 Å². The van der Waals surface area contributed by atoms with Crippen molar-refractivity contribution in [3.63, 3.8) is 0 Å². The molecule has 0 aromatic rings. The predicted octanol–water partition coefficient (Wildman–Crippen LogP) is -1.75. The number of nitrogens with one attached hydrogen (secondary N) is 1. The molecule has 2 heterocycles. The summed E-state index contributed by atoms with van der Waals surface area (Å²) in [6.45, 7) is 9.34. The van der Waals surface area contributed by atoms with Gasteiger partial charge in [-0.2, -0.15) is 0 Å². The van der Waals surface area contributed by atoms with Gasteiger partial charge in [0.05, 0.1) is 38.1 Å². The van der Waals surface area contributed by atoms with Gasteiger partial charge in [-0.15, -0.1) is 0 Å². The van der Waals surface area contributed by atoms with Gasteiger partial charge in [-0.1, -0.05) is 0 Å². The molecule has 0 aliphatic carbocycles. The van der Waals surface area contributed by atoms with Gasteiger partial charge in [0, 0.05) is 12.8 Å². The van der Waals surface area contributed by atoms with Crippen molar-refractivity contribution >= 4 is 0 Å². The van der Waals surface area contributed by atoms with Crippen LogP contribution in [0, 0.1) is 5.41 Å². The molecule has 2 atom stereocenters. The molecule has 2 saturated heterocycles. The molecule has 0 aromatic heterocycles. The zero-order valence-corrected chi connectivity index (χ0v) is 7.53. The van der Waals surface area contributed by atoms with Crippen LogP contribution >= 0.6 is 0 Å². The topological polar surface area (TPSA) is 21.1 Å². The SMILES string of the molecule is CC[NH+]1CCC2(CC[NH2+]C2)C1. The molecule has 3 N–H and O–H groups in total. The molecule has 64 valence electrons. The van der Waals surface area contributed by atoms with Crippen molar-refractivity contribution in [2.24, 2.45) is 5.41 Å². The minimum atomic E-state index is 0.769. The van der Waals surface area contributed by atoms with Crippen molar-refractivity contribution in [2.45, 2.75) is 19.8 Å². The molecule has 2 aliphatic rings. The quantitative estimate of drug-likeness (QED) is 0.449. The molecule has 2 aliphatic heterocycles. The van der Waals surface area contributed by atoms with Crippen molar-refractivity contribution < 1.29 is 10.2 Å². The van der Waals surface area contributed by atoms with E-state index < -0.39 is 0 Å². The normalized spacial score (nSPS) is 43.9. The number of rotatable bonds is 1. The Hall–Kier alpha value is -0.0800. The lowest BCUT2D eigenvalue weighted by atomic mass is 9.87. The minimum absolute atomic E-state index is 0.769. The Morgan fingerprint density at radius 2 is 2.36 bits per heavy atom. The van der Waals surface area contributed by atoms with E-state index in [1.54, 1.807) is 0 Å². The highest BCUT2D eigenvalue weighted by atomic mass is 15.2. The molecule has 2 rings (SSSR count). The number of quaternary nitrogens is 2. The van der Waals surface area contributed by atoms with E-state index in [0.29, 0.717) is 0 Å². The smallest absolute Gasteiger partial charge is 0.0887 e. The van der Waals surface area contributed by atoms with Gasteiger partial charge in [0.2, 0.25) is 0 Å². The molecule has 0 bridgehead atoms. The summed E-state index contributed by atoms with van der Waals surface area (Å²) < 4.78 is 0. The lowest BCUT2D eigenvalue weighted by Crippen LogP contribution is -3.10. The maximum Gasteiger partial charge on any atom is 0.0887 e. The monoisotopic (exact) mass is 156 g/mol. The lowest BCUT2D eigenvalue weighted by Gasteiger charge is -2.16. The Bertz CT molecular complexity index is 138. The van der Waals surface area contributed by atoms with Crippen LogP contribution in [0.3, 0.4) is 0 Å². The van der Waals surface area contributed by atoms with E-state index in [4.69, 9.17) is 0 Å². The number of nitrogens with two attached hydrogens (primary N) is 1. The van der Waals surface area contributed by atoms with Gasteiger partial charge in [-0.25, -0.2) is 0 Å². The van der Waals surface area contributed by atoms with Gasteiger partial charge in [-0.3, -0.25) is 0 Å². The first-order chi connectivity index (χ1) is 5.35. The molecule has 0 aromatic carbocycles. The molecular formula is C9H20N2+2. The molecule has 11 heavy (non-hydrogen) atoms. The molecule has 0 saturated carbocycles. The van der Waals surface area contributed by atoms with E-state index in [-0.39, 0.29) is 0 Å². The third-order valence-electron chi connectivity index (χ3n) is 3.59. The van der Waals surface area contributed by atoms with Crippen LogP contribution in [0.2, 0.25) is 0 Å². The Balaban J connectivity index is 1.96. The molecule has 2 heteroatoms. The lowest BCUT2D eigenvalue weighted by molar-refractivity contribution is -0.889. The Morgan fingerprint density at radius 3 is 2.91 bits per heavy atom. The highest BCUT2D eigenvalue weighted by molar-refractivity contribution is 4.83. The zero-order chi connectivity index (χ0) is 7.73. The summed E-state index contributed by atoms with van der Waals surface area (Å²) in [5, 5.41) is 2.50. The largest absolute Gasteiger partial charge is 0.346 e. The second kappa shape index (κ2) is 2.76. The molecule has 0 amide bonds. The van der Waals surface area contributed by atoms with E-state index in [1.165, 1.54) is 45.6 Å². The van der Waals surface area contributed by atoms with Crippen LogP contribution in [0.1, 0.15) is 19.8 Å². The van der Waals surface area contributed by atoms with Crippen molar-refractivity contribution in [1.29, 1.82) is 0 Å². The summed E-state index contributed by atoms with van der Waals surface area (Å²) in [4.78, 5) is 1.83.